The van der Waals surface area contributed by atoms with Gasteiger partial charge in [-0.25, -0.2) is 9.97 Å². The fourth-order valence-electron chi connectivity index (χ4n) is 25.6. The Balaban J connectivity index is 0.000000121. The minimum atomic E-state index is -0.602. The molecule has 87 heavy (non-hydrogen) atoms. The van der Waals surface area contributed by atoms with Crippen LogP contribution in [-0.2, 0) is 13.1 Å². The average molecular weight is 1200 g/mol. The van der Waals surface area contributed by atoms with Crippen LogP contribution in [0.5, 0.6) is 0 Å². The predicted octanol–water partition coefficient (Wildman–Crippen LogP) is 13.1. The Labute approximate surface area is 522 Å². The summed E-state index contributed by atoms with van der Waals surface area (Å²) in [4.78, 5) is 14.2. The number of allylic oxidation sites excluding steroid dienone is 2. The standard InChI is InChI=1S/C26H39N3O2.C25H41N3O2.C23H35NO2/c1-24-10-7-19(30)15-18(24)5-6-21-20(24)8-11-25(2)22(9-12-26(21,25)31)23-16-29(17-28-23)14-4-3-13-27;1-23-9-6-18(29)14-17(23)4-5-20-19(23)7-10-24(2)21(8-11-25(20,24)30)22-15-28(16-27-22)13-3-12-26;1-21-10-7-16(25)14-15(21)5-6-18-17(21)8-11-22(2)19(9-12-23(18,22)26)20-4-3-13-24-20/h16-22,30-31H,3-12,14-15H2,1-2H3;15-21,29-30H,3-14,26H2,1-2H3;4,13,15-19,25-26H,3,5-12,14H2,1-2H3/t18-,19+,20?,21?,22-,24+,25-,26+;17-,18+,19?,20?,21-,23+,24-,25+;15-,16+,17?,18?,19-,21+,22-,23+/m111/s1. The highest BCUT2D eigenvalue weighted by molar-refractivity contribution is 5.65. The van der Waals surface area contributed by atoms with Gasteiger partial charge in [0.2, 0.25) is 0 Å². The third-order valence-corrected chi connectivity index (χ3v) is 30.8. The number of aryl methyl sites for hydroxylation is 2. The molecule has 24 atom stereocenters. The molecule has 13 aliphatic rings. The highest BCUT2D eigenvalue weighted by Gasteiger charge is 2.71. The fraction of sp³-hybridized carbons (Fsp3) is 0.865. The summed E-state index contributed by atoms with van der Waals surface area (Å²) >= 11 is 0. The molecule has 2 aromatic rings. The van der Waals surface area contributed by atoms with E-state index >= 15 is 0 Å². The molecule has 12 saturated carbocycles. The number of aliphatic imine (C=N–C) groups is 1. The minimum absolute atomic E-state index is 0.0148. The van der Waals surface area contributed by atoms with Crippen molar-refractivity contribution < 1.29 is 30.6 Å². The Bertz CT molecular complexity index is 2900. The van der Waals surface area contributed by atoms with Crippen LogP contribution in [0.1, 0.15) is 264 Å². The van der Waals surface area contributed by atoms with E-state index < -0.39 is 16.8 Å². The summed E-state index contributed by atoms with van der Waals surface area (Å²) in [7, 11) is 0. The van der Waals surface area contributed by atoms with Crippen molar-refractivity contribution in [3.8, 4) is 6.07 Å². The maximum absolute atomic E-state index is 12.3. The lowest BCUT2D eigenvalue weighted by Gasteiger charge is -2.63. The molecule has 13 heteroatoms. The summed E-state index contributed by atoms with van der Waals surface area (Å²) in [6, 6.07) is 2.22. The van der Waals surface area contributed by atoms with E-state index in [1.165, 1.54) is 43.5 Å². The van der Waals surface area contributed by atoms with Crippen LogP contribution in [0.25, 0.3) is 0 Å². The summed E-state index contributed by atoms with van der Waals surface area (Å²) in [6.07, 6.45) is 44.5. The first-order valence-electron chi connectivity index (χ1n) is 36.1. The van der Waals surface area contributed by atoms with E-state index in [1.807, 2.05) is 18.9 Å². The molecule has 0 bridgehead atoms. The quantitative estimate of drug-likeness (QED) is 0.118. The zero-order valence-corrected chi connectivity index (χ0v) is 54.6. The number of aliphatic hydroxyl groups excluding tert-OH is 3. The highest BCUT2D eigenvalue weighted by atomic mass is 16.3. The lowest BCUT2D eigenvalue weighted by Crippen LogP contribution is -2.62. The molecule has 0 saturated heterocycles. The lowest BCUT2D eigenvalue weighted by atomic mass is 9.43. The molecule has 2 aromatic heterocycles. The number of imidazole rings is 2. The second-order valence-corrected chi connectivity index (χ2v) is 33.8. The predicted molar refractivity (Wildman–Crippen MR) is 341 cm³/mol. The van der Waals surface area contributed by atoms with Gasteiger partial charge in [-0.1, -0.05) is 47.6 Å². The van der Waals surface area contributed by atoms with Crippen LogP contribution in [0.15, 0.2) is 41.8 Å². The van der Waals surface area contributed by atoms with Gasteiger partial charge in [0, 0.05) is 84.2 Å². The number of aliphatic hydroxyl groups is 6. The van der Waals surface area contributed by atoms with E-state index in [0.717, 1.165) is 179 Å². The molecule has 0 amide bonds. The van der Waals surface area contributed by atoms with Crippen molar-refractivity contribution in [3.63, 3.8) is 0 Å². The molecule has 8 N–H and O–H groups in total. The monoisotopic (exact) mass is 1200 g/mol. The Morgan fingerprint density at radius 1 is 0.494 bits per heavy atom. The van der Waals surface area contributed by atoms with Crippen LogP contribution < -0.4 is 5.73 Å². The minimum Gasteiger partial charge on any atom is -0.393 e. The number of hydrogen-bond donors (Lipinski definition) is 7. The molecule has 0 aromatic carbocycles. The number of nitrogens with zero attached hydrogens (tertiary/aromatic N) is 6. The second-order valence-electron chi connectivity index (χ2n) is 33.8. The third-order valence-electron chi connectivity index (χ3n) is 30.8. The maximum Gasteiger partial charge on any atom is 0.0949 e. The zero-order valence-electron chi connectivity index (χ0n) is 54.6. The van der Waals surface area contributed by atoms with Crippen molar-refractivity contribution in [1.29, 1.82) is 5.26 Å². The first-order valence-corrected chi connectivity index (χ1v) is 36.1. The van der Waals surface area contributed by atoms with E-state index in [1.54, 1.807) is 0 Å². The van der Waals surface area contributed by atoms with Gasteiger partial charge in [-0.2, -0.15) is 5.26 Å². The largest absolute Gasteiger partial charge is 0.393 e. The van der Waals surface area contributed by atoms with E-state index in [4.69, 9.17) is 21.0 Å². The van der Waals surface area contributed by atoms with Crippen molar-refractivity contribution in [2.75, 3.05) is 6.54 Å². The summed E-state index contributed by atoms with van der Waals surface area (Å²) in [5.74, 6) is 6.03. The highest BCUT2D eigenvalue weighted by Crippen LogP contribution is 2.74. The van der Waals surface area contributed by atoms with Crippen molar-refractivity contribution in [2.45, 2.75) is 301 Å². The Hall–Kier alpha value is -2.96. The third kappa shape index (κ3) is 9.87. The molecule has 15 rings (SSSR count). The molecule has 1 aliphatic heterocycles. The molecule has 6 unspecified atom stereocenters. The van der Waals surface area contributed by atoms with E-state index in [2.05, 4.69) is 80.2 Å². The molecular formula is C74H115N7O6. The van der Waals surface area contributed by atoms with Crippen molar-refractivity contribution >= 4 is 6.21 Å². The molecule has 0 spiro atoms. The van der Waals surface area contributed by atoms with Crippen LogP contribution in [-0.4, -0.2) is 97.6 Å². The summed E-state index contributed by atoms with van der Waals surface area (Å²) in [5.41, 5.74) is 8.21. The van der Waals surface area contributed by atoms with Crippen molar-refractivity contribution in [1.82, 2.24) is 19.1 Å². The van der Waals surface area contributed by atoms with Crippen LogP contribution in [0, 0.1) is 103 Å². The van der Waals surface area contributed by atoms with Gasteiger partial charge in [0.25, 0.3) is 0 Å². The molecule has 13 nitrogen and oxygen atoms in total. The number of fused-ring (bicyclic) bond motifs is 15. The van der Waals surface area contributed by atoms with Crippen LogP contribution in [0.2, 0.25) is 0 Å². The Morgan fingerprint density at radius 2 is 0.885 bits per heavy atom. The summed E-state index contributed by atoms with van der Waals surface area (Å²) in [6.45, 7) is 17.0. The van der Waals surface area contributed by atoms with Crippen molar-refractivity contribution in [2.24, 2.45) is 102 Å². The molecule has 3 heterocycles. The van der Waals surface area contributed by atoms with E-state index in [0.29, 0.717) is 94.8 Å². The van der Waals surface area contributed by atoms with E-state index in [-0.39, 0.29) is 40.0 Å². The number of rotatable bonds is 9. The van der Waals surface area contributed by atoms with Gasteiger partial charge in [0.1, 0.15) is 0 Å². The van der Waals surface area contributed by atoms with Crippen molar-refractivity contribution in [3.05, 3.63) is 48.2 Å². The average Bonchev–Trinajstić information content (AvgIpc) is 1.71. The maximum atomic E-state index is 12.3. The zero-order chi connectivity index (χ0) is 61.2. The van der Waals surface area contributed by atoms with Gasteiger partial charge in [0.15, 0.2) is 0 Å². The SMILES string of the molecule is C[C@]12CC[C@H](O)C[C@H]1CCC1C2CC[C@]2(C)[C@@H](C3=CCC=N3)CC[C@]12O.C[C@]12CC[C@H](O)C[C@H]1CCC1C2CC[C@]2(C)[C@@H](c3cn(CCCC#N)cn3)CC[C@]12O.C[C@]12CC[C@H](O)C[C@H]1CCC1C2CC[C@]2(C)[C@@H](c3cn(CCCN)cn3)CC[C@]12O. The Morgan fingerprint density at radius 3 is 1.26 bits per heavy atom. The fourth-order valence-corrected chi connectivity index (χ4v) is 25.6. The number of nitrogens with two attached hydrogens (primary N) is 1. The molecule has 0 radical (unpaired) electrons. The lowest BCUT2D eigenvalue weighted by molar-refractivity contribution is -0.208. The van der Waals surface area contributed by atoms with Gasteiger partial charge in [-0.3, -0.25) is 4.99 Å². The van der Waals surface area contributed by atoms with Gasteiger partial charge in [0.05, 0.1) is 65.2 Å². The first kappa shape index (κ1) is 62.8. The smallest absolute Gasteiger partial charge is 0.0949 e. The van der Waals surface area contributed by atoms with Gasteiger partial charge in [-0.15, -0.1) is 0 Å². The van der Waals surface area contributed by atoms with E-state index in [9.17, 15) is 30.6 Å². The Kier molecular flexibility index (Phi) is 16.8. The van der Waals surface area contributed by atoms with Crippen LogP contribution in [0.4, 0.5) is 0 Å². The van der Waals surface area contributed by atoms with Gasteiger partial charge >= 0.3 is 0 Å². The van der Waals surface area contributed by atoms with Gasteiger partial charge < -0.3 is 45.5 Å². The molecular weight excluding hydrogens is 1080 g/mol. The number of aromatic nitrogens is 4. The second kappa shape index (κ2) is 23.3. The molecule has 482 valence electrons. The summed E-state index contributed by atoms with van der Waals surface area (Å²) in [5, 5.41) is 76.2. The van der Waals surface area contributed by atoms with Crippen LogP contribution >= 0.6 is 0 Å². The van der Waals surface area contributed by atoms with Gasteiger partial charge in [-0.05, 0) is 262 Å². The number of unbranched alkanes of at least 4 members (excludes halogenated alkanes) is 1. The normalized spacial score (nSPS) is 49.9. The summed E-state index contributed by atoms with van der Waals surface area (Å²) < 4.78 is 4.30. The number of hydrogen-bond acceptors (Lipinski definition) is 11. The first-order chi connectivity index (χ1) is 41.5. The number of nitriles is 1. The van der Waals surface area contributed by atoms with Crippen LogP contribution in [0.3, 0.4) is 0 Å². The topological polar surface area (TPSA) is 219 Å². The molecule has 12 aliphatic carbocycles. The molecule has 12 fully saturated rings.